The van der Waals surface area contributed by atoms with Gasteiger partial charge >= 0.3 is 0 Å². The molecule has 0 fully saturated rings. The normalized spacial score (nSPS) is 12.3. The molecule has 0 unspecified atom stereocenters. The molecule has 0 radical (unpaired) electrons. The number of hydrogen-bond donors (Lipinski definition) is 1. The maximum Gasteiger partial charge on any atom is 0.231 e. The fourth-order valence-corrected chi connectivity index (χ4v) is 2.56. The first kappa shape index (κ1) is 15.5. The minimum absolute atomic E-state index is 0.249. The van der Waals surface area contributed by atoms with Gasteiger partial charge < -0.3 is 24.3 Å². The zero-order valence-corrected chi connectivity index (χ0v) is 13.6. The standard InChI is InChI=1S/C18H21NO4/c1-12-8-13(4-5-15(12)21-7-6-19-2)14-9-17-18(23-11-22-17)10-16(14)20-3/h4-5,8-10,19H,6-7,11H2,1-3H3. The van der Waals surface area contributed by atoms with Crippen molar-refractivity contribution in [3.05, 3.63) is 35.9 Å². The van der Waals surface area contributed by atoms with Crippen molar-refractivity contribution in [1.82, 2.24) is 5.32 Å². The first-order chi connectivity index (χ1) is 11.2. The van der Waals surface area contributed by atoms with Gasteiger partial charge in [-0.3, -0.25) is 0 Å². The number of hydrogen-bond acceptors (Lipinski definition) is 5. The minimum atomic E-state index is 0.249. The highest BCUT2D eigenvalue weighted by atomic mass is 16.7. The zero-order chi connectivity index (χ0) is 16.2. The van der Waals surface area contributed by atoms with Gasteiger partial charge in [0.15, 0.2) is 11.5 Å². The summed E-state index contributed by atoms with van der Waals surface area (Å²) in [5.41, 5.74) is 3.11. The largest absolute Gasteiger partial charge is 0.496 e. The Morgan fingerprint density at radius 2 is 1.87 bits per heavy atom. The summed E-state index contributed by atoms with van der Waals surface area (Å²) in [6.07, 6.45) is 0. The van der Waals surface area contributed by atoms with E-state index in [1.54, 1.807) is 7.11 Å². The Morgan fingerprint density at radius 1 is 1.09 bits per heavy atom. The lowest BCUT2D eigenvalue weighted by molar-refractivity contribution is 0.174. The van der Waals surface area contributed by atoms with Crippen molar-refractivity contribution < 1.29 is 18.9 Å². The van der Waals surface area contributed by atoms with Crippen LogP contribution in [0.15, 0.2) is 30.3 Å². The first-order valence-corrected chi connectivity index (χ1v) is 7.59. The molecular weight excluding hydrogens is 294 g/mol. The predicted octanol–water partition coefficient (Wildman–Crippen LogP) is 3.00. The van der Waals surface area contributed by atoms with Gasteiger partial charge in [-0.2, -0.15) is 0 Å². The third-order valence-corrected chi connectivity index (χ3v) is 3.79. The van der Waals surface area contributed by atoms with Crippen LogP contribution in [0.25, 0.3) is 11.1 Å². The van der Waals surface area contributed by atoms with E-state index < -0.39 is 0 Å². The zero-order valence-electron chi connectivity index (χ0n) is 13.6. The fourth-order valence-electron chi connectivity index (χ4n) is 2.56. The Bertz CT molecular complexity index is 700. The van der Waals surface area contributed by atoms with Gasteiger partial charge in [-0.25, -0.2) is 0 Å². The van der Waals surface area contributed by atoms with E-state index in [2.05, 4.69) is 11.4 Å². The maximum atomic E-state index is 5.76. The molecule has 2 aromatic rings. The van der Waals surface area contributed by atoms with E-state index in [9.17, 15) is 0 Å². The van der Waals surface area contributed by atoms with E-state index in [1.165, 1.54) is 0 Å². The van der Waals surface area contributed by atoms with E-state index in [0.29, 0.717) is 12.4 Å². The number of rotatable bonds is 6. The monoisotopic (exact) mass is 315 g/mol. The third kappa shape index (κ3) is 3.19. The summed E-state index contributed by atoms with van der Waals surface area (Å²) >= 11 is 0. The van der Waals surface area contributed by atoms with Gasteiger partial charge in [-0.15, -0.1) is 0 Å². The molecular formula is C18H21NO4. The topological polar surface area (TPSA) is 49.0 Å². The van der Waals surface area contributed by atoms with Crippen LogP contribution in [0.5, 0.6) is 23.0 Å². The molecule has 0 aliphatic carbocycles. The van der Waals surface area contributed by atoms with Crippen LogP contribution >= 0.6 is 0 Å². The minimum Gasteiger partial charge on any atom is -0.496 e. The lowest BCUT2D eigenvalue weighted by atomic mass is 10.0. The summed E-state index contributed by atoms with van der Waals surface area (Å²) in [5, 5.41) is 3.07. The van der Waals surface area contributed by atoms with Crippen molar-refractivity contribution >= 4 is 0 Å². The van der Waals surface area contributed by atoms with Gasteiger partial charge in [0.25, 0.3) is 0 Å². The molecule has 122 valence electrons. The molecule has 1 heterocycles. The van der Waals surface area contributed by atoms with Crippen LogP contribution in [0.3, 0.4) is 0 Å². The number of methoxy groups -OCH3 is 1. The molecule has 5 heteroatoms. The molecule has 1 N–H and O–H groups in total. The Labute approximate surface area is 136 Å². The number of nitrogens with one attached hydrogen (secondary N) is 1. The van der Waals surface area contributed by atoms with Crippen LogP contribution in [0, 0.1) is 6.92 Å². The number of aryl methyl sites for hydroxylation is 1. The molecule has 0 saturated carbocycles. The average Bonchev–Trinajstić information content (AvgIpc) is 3.02. The van der Waals surface area contributed by atoms with Crippen molar-refractivity contribution in [2.45, 2.75) is 6.92 Å². The number of fused-ring (bicyclic) bond motifs is 1. The Morgan fingerprint density at radius 3 is 2.57 bits per heavy atom. The molecule has 23 heavy (non-hydrogen) atoms. The molecule has 0 bridgehead atoms. The molecule has 3 rings (SSSR count). The van der Waals surface area contributed by atoms with Gasteiger partial charge in [0, 0.05) is 18.2 Å². The number of benzene rings is 2. The van der Waals surface area contributed by atoms with Gasteiger partial charge in [-0.1, -0.05) is 6.07 Å². The second-order valence-corrected chi connectivity index (χ2v) is 5.34. The smallest absolute Gasteiger partial charge is 0.231 e. The second kappa shape index (κ2) is 6.79. The molecule has 2 aromatic carbocycles. The SMILES string of the molecule is CNCCOc1ccc(-c2cc3c(cc2OC)OCO3)cc1C. The van der Waals surface area contributed by atoms with Crippen LogP contribution in [0.4, 0.5) is 0 Å². The van der Waals surface area contributed by atoms with E-state index in [4.69, 9.17) is 18.9 Å². The summed E-state index contributed by atoms with van der Waals surface area (Å²) in [6.45, 7) is 3.75. The fraction of sp³-hybridized carbons (Fsp3) is 0.333. The van der Waals surface area contributed by atoms with E-state index in [0.717, 1.165) is 40.5 Å². The second-order valence-electron chi connectivity index (χ2n) is 5.34. The van der Waals surface area contributed by atoms with Crippen LogP contribution < -0.4 is 24.3 Å². The van der Waals surface area contributed by atoms with E-state index >= 15 is 0 Å². The summed E-state index contributed by atoms with van der Waals surface area (Å²) < 4.78 is 22.1. The average molecular weight is 315 g/mol. The summed E-state index contributed by atoms with van der Waals surface area (Å²) in [5.74, 6) is 3.11. The predicted molar refractivity (Wildman–Crippen MR) is 88.7 cm³/mol. The molecule has 0 amide bonds. The van der Waals surface area contributed by atoms with Crippen LogP contribution in [0.2, 0.25) is 0 Å². The highest BCUT2D eigenvalue weighted by Crippen LogP contribution is 2.43. The Balaban J connectivity index is 1.91. The van der Waals surface area contributed by atoms with E-state index in [-0.39, 0.29) is 6.79 Å². The molecule has 0 aromatic heterocycles. The van der Waals surface area contributed by atoms with Crippen molar-refractivity contribution in [1.29, 1.82) is 0 Å². The number of ether oxygens (including phenoxy) is 4. The Hall–Kier alpha value is -2.40. The first-order valence-electron chi connectivity index (χ1n) is 7.59. The quantitative estimate of drug-likeness (QED) is 0.831. The van der Waals surface area contributed by atoms with Gasteiger partial charge in [0.2, 0.25) is 6.79 Å². The lowest BCUT2D eigenvalue weighted by Crippen LogP contribution is -2.16. The molecule has 1 aliphatic heterocycles. The number of likely N-dealkylation sites (N-methyl/N-ethyl adjacent to an activating group) is 1. The molecule has 1 aliphatic rings. The van der Waals surface area contributed by atoms with Gasteiger partial charge in [0.1, 0.15) is 18.1 Å². The molecule has 0 spiro atoms. The van der Waals surface area contributed by atoms with Gasteiger partial charge in [0.05, 0.1) is 7.11 Å². The molecule has 5 nitrogen and oxygen atoms in total. The molecule has 0 atom stereocenters. The molecule has 0 saturated heterocycles. The van der Waals surface area contributed by atoms with Gasteiger partial charge in [-0.05, 0) is 43.3 Å². The highest BCUT2D eigenvalue weighted by Gasteiger charge is 2.19. The van der Waals surface area contributed by atoms with Crippen LogP contribution in [0.1, 0.15) is 5.56 Å². The summed E-state index contributed by atoms with van der Waals surface area (Å²) in [6, 6.07) is 9.93. The van der Waals surface area contributed by atoms with Crippen molar-refractivity contribution in [2.24, 2.45) is 0 Å². The van der Waals surface area contributed by atoms with Crippen LogP contribution in [-0.4, -0.2) is 34.1 Å². The maximum absolute atomic E-state index is 5.76. The van der Waals surface area contributed by atoms with Crippen molar-refractivity contribution in [3.63, 3.8) is 0 Å². The lowest BCUT2D eigenvalue weighted by Gasteiger charge is -2.13. The Kier molecular flexibility index (Phi) is 4.57. The van der Waals surface area contributed by atoms with Crippen molar-refractivity contribution in [2.75, 3.05) is 34.1 Å². The van der Waals surface area contributed by atoms with E-state index in [1.807, 2.05) is 38.2 Å². The summed E-state index contributed by atoms with van der Waals surface area (Å²) in [4.78, 5) is 0. The van der Waals surface area contributed by atoms with Crippen LogP contribution in [-0.2, 0) is 0 Å². The third-order valence-electron chi connectivity index (χ3n) is 3.79. The summed E-state index contributed by atoms with van der Waals surface area (Å²) in [7, 11) is 3.56. The highest BCUT2D eigenvalue weighted by molar-refractivity contribution is 5.75. The van der Waals surface area contributed by atoms with Crippen molar-refractivity contribution in [3.8, 4) is 34.1 Å².